The van der Waals surface area contributed by atoms with Crippen LogP contribution >= 0.6 is 11.7 Å². The first-order valence-electron chi connectivity index (χ1n) is 6.47. The third-order valence-electron chi connectivity index (χ3n) is 3.21. The molecule has 1 aromatic heterocycles. The Balaban J connectivity index is 1.97. The normalized spacial score (nSPS) is 11.8. The summed E-state index contributed by atoms with van der Waals surface area (Å²) in [4.78, 5) is 2.01. The van der Waals surface area contributed by atoms with Gasteiger partial charge in [-0.25, -0.2) is 0 Å². The van der Waals surface area contributed by atoms with Crippen molar-refractivity contribution in [3.05, 3.63) is 48.0 Å². The van der Waals surface area contributed by atoms with Crippen molar-refractivity contribution in [2.75, 3.05) is 19.0 Å². The maximum atomic E-state index is 10.2. The Labute approximate surface area is 126 Å². The van der Waals surface area contributed by atoms with Crippen LogP contribution < -0.4 is 4.90 Å². The first-order valence-corrected chi connectivity index (χ1v) is 7.20. The molecule has 0 amide bonds. The minimum absolute atomic E-state index is 0.695. The Morgan fingerprint density at radius 1 is 1.10 bits per heavy atom. The van der Waals surface area contributed by atoms with Gasteiger partial charge in [-0.3, -0.25) is 5.21 Å². The van der Waals surface area contributed by atoms with Crippen LogP contribution in [0.25, 0.3) is 11.0 Å². The number of benzene rings is 2. The van der Waals surface area contributed by atoms with E-state index in [2.05, 4.69) is 8.75 Å². The molecular formula is C15H15N4OS+. The van der Waals surface area contributed by atoms with Crippen molar-refractivity contribution >= 4 is 40.4 Å². The van der Waals surface area contributed by atoms with Gasteiger partial charge in [0.2, 0.25) is 6.21 Å². The van der Waals surface area contributed by atoms with Crippen LogP contribution in [0.15, 0.2) is 42.5 Å². The molecular weight excluding hydrogens is 284 g/mol. The zero-order valence-corrected chi connectivity index (χ0v) is 12.6. The summed E-state index contributed by atoms with van der Waals surface area (Å²) in [5.74, 6) is 0. The van der Waals surface area contributed by atoms with Crippen molar-refractivity contribution in [3.8, 4) is 0 Å². The van der Waals surface area contributed by atoms with E-state index in [0.29, 0.717) is 5.69 Å². The number of hydrogen-bond donors (Lipinski definition) is 1. The van der Waals surface area contributed by atoms with Crippen molar-refractivity contribution < 1.29 is 9.95 Å². The molecule has 0 saturated heterocycles. The lowest BCUT2D eigenvalue weighted by molar-refractivity contribution is -0.709. The van der Waals surface area contributed by atoms with Gasteiger partial charge >= 0.3 is 0 Å². The highest BCUT2D eigenvalue weighted by molar-refractivity contribution is 7.00. The average Bonchev–Trinajstić information content (AvgIpc) is 2.97. The molecule has 0 radical (unpaired) electrons. The van der Waals surface area contributed by atoms with Gasteiger partial charge in [-0.15, -0.1) is 0 Å². The Morgan fingerprint density at radius 3 is 2.57 bits per heavy atom. The average molecular weight is 299 g/mol. The van der Waals surface area contributed by atoms with Gasteiger partial charge in [0.05, 0.1) is 17.3 Å². The molecule has 3 aromatic rings. The molecule has 21 heavy (non-hydrogen) atoms. The van der Waals surface area contributed by atoms with Crippen LogP contribution in [0, 0.1) is 0 Å². The van der Waals surface area contributed by atoms with Crippen LogP contribution in [-0.4, -0.2) is 39.0 Å². The number of fused-ring (bicyclic) bond motifs is 1. The van der Waals surface area contributed by atoms with E-state index in [-0.39, 0.29) is 0 Å². The predicted molar refractivity (Wildman–Crippen MR) is 85.1 cm³/mol. The molecule has 0 fully saturated rings. The third kappa shape index (κ3) is 2.71. The summed E-state index contributed by atoms with van der Waals surface area (Å²) in [5.41, 5.74) is 4.25. The molecule has 1 heterocycles. The molecule has 1 N–H and O–H groups in total. The van der Waals surface area contributed by atoms with Gasteiger partial charge in [0, 0.05) is 36.7 Å². The summed E-state index contributed by atoms with van der Waals surface area (Å²) in [6.07, 6.45) is 1.65. The topological polar surface area (TPSA) is 52.3 Å². The van der Waals surface area contributed by atoms with Crippen LogP contribution in [0.4, 0.5) is 11.4 Å². The molecule has 0 aliphatic carbocycles. The van der Waals surface area contributed by atoms with E-state index in [9.17, 15) is 5.21 Å². The van der Waals surface area contributed by atoms with E-state index in [0.717, 1.165) is 27.0 Å². The van der Waals surface area contributed by atoms with Crippen LogP contribution in [0.1, 0.15) is 5.56 Å². The molecule has 0 spiro atoms. The SMILES string of the molecule is CN(C)c1ccc(/[N+](O)=C\c2cccc3nsnc23)cc1. The zero-order valence-electron chi connectivity index (χ0n) is 11.8. The largest absolute Gasteiger partial charge is 0.378 e. The highest BCUT2D eigenvalue weighted by Gasteiger charge is 2.11. The van der Waals surface area contributed by atoms with E-state index in [1.165, 1.54) is 11.7 Å². The van der Waals surface area contributed by atoms with E-state index in [1.807, 2.05) is 61.5 Å². The molecule has 0 saturated carbocycles. The highest BCUT2D eigenvalue weighted by Crippen LogP contribution is 2.19. The summed E-state index contributed by atoms with van der Waals surface area (Å²) >= 11 is 1.17. The van der Waals surface area contributed by atoms with Crippen molar-refractivity contribution in [3.63, 3.8) is 0 Å². The minimum Gasteiger partial charge on any atom is -0.378 e. The van der Waals surface area contributed by atoms with Gasteiger partial charge in [0.1, 0.15) is 11.0 Å². The summed E-state index contributed by atoms with van der Waals surface area (Å²) < 4.78 is 9.56. The molecule has 3 rings (SSSR count). The molecule has 0 unspecified atom stereocenters. The molecule has 0 aliphatic rings. The molecule has 106 valence electrons. The minimum atomic E-state index is 0.695. The molecule has 0 aliphatic heterocycles. The lowest BCUT2D eigenvalue weighted by Gasteiger charge is -2.10. The first kappa shape index (κ1) is 13.5. The number of aromatic nitrogens is 2. The summed E-state index contributed by atoms with van der Waals surface area (Å²) in [7, 11) is 3.96. The van der Waals surface area contributed by atoms with Gasteiger partial charge in [-0.05, 0) is 24.3 Å². The van der Waals surface area contributed by atoms with Crippen LogP contribution in [0.5, 0.6) is 0 Å². The maximum Gasteiger partial charge on any atom is 0.257 e. The second-order valence-corrected chi connectivity index (χ2v) is 5.39. The molecule has 2 aromatic carbocycles. The monoisotopic (exact) mass is 299 g/mol. The Kier molecular flexibility index (Phi) is 3.53. The Bertz CT molecular complexity index is 793. The number of nitrogens with zero attached hydrogens (tertiary/aromatic N) is 4. The second-order valence-electron chi connectivity index (χ2n) is 4.86. The number of rotatable bonds is 3. The quantitative estimate of drug-likeness (QED) is 0.350. The zero-order chi connectivity index (χ0) is 14.8. The smallest absolute Gasteiger partial charge is 0.257 e. The predicted octanol–water partition coefficient (Wildman–Crippen LogP) is 2.91. The fourth-order valence-corrected chi connectivity index (χ4v) is 2.60. The maximum absolute atomic E-state index is 10.2. The van der Waals surface area contributed by atoms with E-state index in [4.69, 9.17) is 0 Å². The van der Waals surface area contributed by atoms with Gasteiger partial charge in [-0.2, -0.15) is 8.75 Å². The molecule has 0 atom stereocenters. The summed E-state index contributed by atoms with van der Waals surface area (Å²) in [5, 5.41) is 10.2. The van der Waals surface area contributed by atoms with E-state index in [1.54, 1.807) is 6.21 Å². The highest BCUT2D eigenvalue weighted by atomic mass is 32.1. The second kappa shape index (κ2) is 5.49. The fourth-order valence-electron chi connectivity index (χ4n) is 2.04. The van der Waals surface area contributed by atoms with Crippen LogP contribution in [-0.2, 0) is 0 Å². The third-order valence-corrected chi connectivity index (χ3v) is 3.75. The van der Waals surface area contributed by atoms with E-state index < -0.39 is 0 Å². The Morgan fingerprint density at radius 2 is 1.86 bits per heavy atom. The molecule has 5 nitrogen and oxygen atoms in total. The Hall–Kier alpha value is -2.47. The number of anilines is 1. The lowest BCUT2D eigenvalue weighted by atomic mass is 10.2. The van der Waals surface area contributed by atoms with Gasteiger partial charge in [-0.1, -0.05) is 6.07 Å². The first-order chi connectivity index (χ1) is 10.1. The van der Waals surface area contributed by atoms with Crippen molar-refractivity contribution in [2.24, 2.45) is 0 Å². The summed E-state index contributed by atoms with van der Waals surface area (Å²) in [6, 6.07) is 13.4. The fraction of sp³-hybridized carbons (Fsp3) is 0.133. The van der Waals surface area contributed by atoms with Gasteiger partial charge in [0.15, 0.2) is 0 Å². The van der Waals surface area contributed by atoms with Crippen LogP contribution in [0.2, 0.25) is 0 Å². The molecule has 6 heteroatoms. The van der Waals surface area contributed by atoms with Crippen LogP contribution in [0.3, 0.4) is 0 Å². The summed E-state index contributed by atoms with van der Waals surface area (Å²) in [6.45, 7) is 0. The van der Waals surface area contributed by atoms with Crippen molar-refractivity contribution in [1.29, 1.82) is 0 Å². The lowest BCUT2D eigenvalue weighted by Crippen LogP contribution is -2.08. The van der Waals surface area contributed by atoms with Gasteiger partial charge < -0.3 is 4.90 Å². The van der Waals surface area contributed by atoms with Crippen molar-refractivity contribution in [2.45, 2.75) is 0 Å². The van der Waals surface area contributed by atoms with Gasteiger partial charge in [0.25, 0.3) is 5.69 Å². The van der Waals surface area contributed by atoms with Crippen molar-refractivity contribution in [1.82, 2.24) is 8.75 Å². The van der Waals surface area contributed by atoms with E-state index >= 15 is 0 Å². The standard InChI is InChI=1S/C15H15N4OS/c1-18(2)12-6-8-13(9-7-12)19(20)10-11-4-3-5-14-15(11)17-21-16-14/h3-10,20H,1-2H3/q+1/b19-10+. The number of hydrogen-bond acceptors (Lipinski definition) is 5. The molecule has 0 bridgehead atoms.